The van der Waals surface area contributed by atoms with Gasteiger partial charge in [0.05, 0.1) is 0 Å². The smallest absolute Gasteiger partial charge is 0.0380 e. The molecule has 20 heavy (non-hydrogen) atoms. The molecule has 1 heterocycles. The molecule has 1 saturated heterocycles. The maximum Gasteiger partial charge on any atom is 0.0380 e. The topological polar surface area (TPSA) is 15.3 Å². The van der Waals surface area contributed by atoms with Crippen LogP contribution >= 0.6 is 0 Å². The molecule has 0 unspecified atom stereocenters. The van der Waals surface area contributed by atoms with E-state index in [1.807, 2.05) is 0 Å². The summed E-state index contributed by atoms with van der Waals surface area (Å²) in [5.74, 6) is 0.869. The molecule has 1 N–H and O–H groups in total. The first-order chi connectivity index (χ1) is 9.75. The van der Waals surface area contributed by atoms with Crippen LogP contribution in [0.2, 0.25) is 0 Å². The summed E-state index contributed by atoms with van der Waals surface area (Å²) >= 11 is 0. The number of rotatable bonds is 3. The van der Waals surface area contributed by atoms with Gasteiger partial charge in [-0.3, -0.25) is 4.90 Å². The number of benzene rings is 1. The summed E-state index contributed by atoms with van der Waals surface area (Å²) in [4.78, 5) is 2.74. The van der Waals surface area contributed by atoms with Gasteiger partial charge in [0, 0.05) is 32.2 Å². The Hall–Kier alpha value is -0.860. The van der Waals surface area contributed by atoms with Crippen LogP contribution in [0.3, 0.4) is 0 Å². The zero-order valence-electron chi connectivity index (χ0n) is 13.0. The summed E-state index contributed by atoms with van der Waals surface area (Å²) < 4.78 is 0. The molecule has 1 aliphatic heterocycles. The Balaban J connectivity index is 1.92. The second kappa shape index (κ2) is 6.28. The van der Waals surface area contributed by atoms with Gasteiger partial charge in [-0.25, -0.2) is 0 Å². The van der Waals surface area contributed by atoms with Crippen molar-refractivity contribution in [3.05, 3.63) is 34.9 Å². The predicted molar refractivity (Wildman–Crippen MR) is 85.1 cm³/mol. The van der Waals surface area contributed by atoms with Gasteiger partial charge in [-0.1, -0.05) is 36.6 Å². The van der Waals surface area contributed by atoms with Crippen molar-refractivity contribution in [2.24, 2.45) is 5.92 Å². The Labute approximate surface area is 123 Å². The zero-order valence-corrected chi connectivity index (χ0v) is 13.0. The third kappa shape index (κ3) is 2.91. The zero-order chi connectivity index (χ0) is 13.9. The standard InChI is InChI=1S/C18H28N2/c1-14-7-8-15(2)17(13-14)18(16-5-3-4-6-16)20-11-9-19-10-12-20/h7-8,13,16,18-19H,3-6,9-12H2,1-2H3/t18-/m1/s1. The first-order valence-corrected chi connectivity index (χ1v) is 8.27. The van der Waals surface area contributed by atoms with Gasteiger partial charge in [0.15, 0.2) is 0 Å². The summed E-state index contributed by atoms with van der Waals surface area (Å²) in [5, 5.41) is 3.50. The number of nitrogens with one attached hydrogen (secondary N) is 1. The van der Waals surface area contributed by atoms with Crippen LogP contribution in [0.1, 0.15) is 48.4 Å². The van der Waals surface area contributed by atoms with Gasteiger partial charge in [-0.05, 0) is 43.7 Å². The van der Waals surface area contributed by atoms with Gasteiger partial charge in [-0.15, -0.1) is 0 Å². The molecule has 1 atom stereocenters. The molecule has 0 radical (unpaired) electrons. The van der Waals surface area contributed by atoms with Crippen molar-refractivity contribution in [3.63, 3.8) is 0 Å². The highest BCUT2D eigenvalue weighted by molar-refractivity contribution is 5.33. The highest BCUT2D eigenvalue weighted by Crippen LogP contribution is 2.40. The molecule has 2 heteroatoms. The molecular weight excluding hydrogens is 244 g/mol. The fraction of sp³-hybridized carbons (Fsp3) is 0.667. The van der Waals surface area contributed by atoms with E-state index in [1.165, 1.54) is 49.9 Å². The van der Waals surface area contributed by atoms with Crippen molar-refractivity contribution in [3.8, 4) is 0 Å². The molecule has 1 aromatic carbocycles. The predicted octanol–water partition coefficient (Wildman–Crippen LogP) is 3.44. The highest BCUT2D eigenvalue weighted by Gasteiger charge is 2.32. The summed E-state index contributed by atoms with van der Waals surface area (Å²) in [6.07, 6.45) is 5.69. The minimum Gasteiger partial charge on any atom is -0.314 e. The summed E-state index contributed by atoms with van der Waals surface area (Å²) in [5.41, 5.74) is 4.48. The monoisotopic (exact) mass is 272 g/mol. The molecule has 1 saturated carbocycles. The maximum atomic E-state index is 3.50. The molecule has 2 aliphatic rings. The van der Waals surface area contributed by atoms with Gasteiger partial charge in [0.25, 0.3) is 0 Å². The molecule has 0 bridgehead atoms. The largest absolute Gasteiger partial charge is 0.314 e. The lowest BCUT2D eigenvalue weighted by molar-refractivity contribution is 0.125. The molecule has 0 aromatic heterocycles. The lowest BCUT2D eigenvalue weighted by Crippen LogP contribution is -2.46. The van der Waals surface area contributed by atoms with Gasteiger partial charge in [0.1, 0.15) is 0 Å². The molecule has 110 valence electrons. The van der Waals surface area contributed by atoms with E-state index in [0.29, 0.717) is 6.04 Å². The van der Waals surface area contributed by atoms with Gasteiger partial charge < -0.3 is 5.32 Å². The second-order valence-corrected chi connectivity index (χ2v) is 6.64. The Morgan fingerprint density at radius 1 is 1.10 bits per heavy atom. The van der Waals surface area contributed by atoms with Crippen LogP contribution in [-0.4, -0.2) is 31.1 Å². The number of hydrogen-bond acceptors (Lipinski definition) is 2. The first kappa shape index (κ1) is 14.1. The first-order valence-electron chi connectivity index (χ1n) is 8.27. The van der Waals surface area contributed by atoms with Crippen LogP contribution in [0.4, 0.5) is 0 Å². The minimum atomic E-state index is 0.652. The van der Waals surface area contributed by atoms with Gasteiger partial charge in [0.2, 0.25) is 0 Å². The van der Waals surface area contributed by atoms with E-state index in [1.54, 1.807) is 5.56 Å². The van der Waals surface area contributed by atoms with Gasteiger partial charge in [-0.2, -0.15) is 0 Å². The van der Waals surface area contributed by atoms with Crippen molar-refractivity contribution >= 4 is 0 Å². The van der Waals surface area contributed by atoms with Crippen LogP contribution in [0.15, 0.2) is 18.2 Å². The number of hydrogen-bond donors (Lipinski definition) is 1. The van der Waals surface area contributed by atoms with E-state index in [4.69, 9.17) is 0 Å². The normalized spacial score (nSPS) is 23.1. The van der Waals surface area contributed by atoms with Crippen LogP contribution < -0.4 is 5.32 Å². The number of aryl methyl sites for hydroxylation is 2. The van der Waals surface area contributed by atoms with E-state index in [0.717, 1.165) is 19.0 Å². The summed E-state index contributed by atoms with van der Waals surface area (Å²) in [6.45, 7) is 9.22. The van der Waals surface area contributed by atoms with E-state index >= 15 is 0 Å². The van der Waals surface area contributed by atoms with Crippen LogP contribution in [0.25, 0.3) is 0 Å². The fourth-order valence-corrected chi connectivity index (χ4v) is 4.06. The van der Waals surface area contributed by atoms with Crippen molar-refractivity contribution in [1.29, 1.82) is 0 Å². The fourth-order valence-electron chi connectivity index (χ4n) is 4.06. The molecule has 3 rings (SSSR count). The molecule has 2 nitrogen and oxygen atoms in total. The molecule has 1 aliphatic carbocycles. The van der Waals surface area contributed by atoms with E-state index in [9.17, 15) is 0 Å². The Bertz CT molecular complexity index is 443. The Morgan fingerprint density at radius 3 is 2.50 bits per heavy atom. The van der Waals surface area contributed by atoms with E-state index < -0.39 is 0 Å². The van der Waals surface area contributed by atoms with Crippen molar-refractivity contribution < 1.29 is 0 Å². The minimum absolute atomic E-state index is 0.652. The van der Waals surface area contributed by atoms with E-state index in [-0.39, 0.29) is 0 Å². The lowest BCUT2D eigenvalue weighted by Gasteiger charge is -2.39. The van der Waals surface area contributed by atoms with Crippen LogP contribution in [0.5, 0.6) is 0 Å². The van der Waals surface area contributed by atoms with Crippen LogP contribution in [0, 0.1) is 19.8 Å². The average Bonchev–Trinajstić information content (AvgIpc) is 2.98. The van der Waals surface area contributed by atoms with Crippen molar-refractivity contribution in [2.45, 2.75) is 45.6 Å². The lowest BCUT2D eigenvalue weighted by atomic mass is 9.86. The maximum absolute atomic E-state index is 3.50. The molecule has 0 amide bonds. The van der Waals surface area contributed by atoms with E-state index in [2.05, 4.69) is 42.3 Å². The second-order valence-electron chi connectivity index (χ2n) is 6.64. The summed E-state index contributed by atoms with van der Waals surface area (Å²) in [7, 11) is 0. The van der Waals surface area contributed by atoms with Crippen molar-refractivity contribution in [1.82, 2.24) is 10.2 Å². The molecular formula is C18H28N2. The molecule has 2 fully saturated rings. The summed E-state index contributed by atoms with van der Waals surface area (Å²) in [6, 6.07) is 7.66. The molecule has 0 spiro atoms. The third-order valence-corrected chi connectivity index (χ3v) is 5.14. The third-order valence-electron chi connectivity index (χ3n) is 5.14. The Kier molecular flexibility index (Phi) is 4.42. The quantitative estimate of drug-likeness (QED) is 0.907. The molecule has 1 aromatic rings. The average molecular weight is 272 g/mol. The van der Waals surface area contributed by atoms with Crippen molar-refractivity contribution in [2.75, 3.05) is 26.2 Å². The SMILES string of the molecule is Cc1ccc(C)c([C@@H](C2CCCC2)N2CCNCC2)c1. The number of nitrogens with zero attached hydrogens (tertiary/aromatic N) is 1. The van der Waals surface area contributed by atoms with Gasteiger partial charge >= 0.3 is 0 Å². The van der Waals surface area contributed by atoms with Crippen LogP contribution in [-0.2, 0) is 0 Å². The highest BCUT2D eigenvalue weighted by atomic mass is 15.2. The Morgan fingerprint density at radius 2 is 1.80 bits per heavy atom. The number of piperazine rings is 1.